The molecule has 1 aromatic rings. The van der Waals surface area contributed by atoms with Gasteiger partial charge in [0.05, 0.1) is 42.7 Å². The molecule has 1 saturated heterocycles. The van der Waals surface area contributed by atoms with E-state index in [0.717, 1.165) is 19.4 Å². The summed E-state index contributed by atoms with van der Waals surface area (Å²) in [5.41, 5.74) is -3.09. The van der Waals surface area contributed by atoms with Gasteiger partial charge in [-0.1, -0.05) is 6.92 Å². The highest BCUT2D eigenvalue weighted by Crippen LogP contribution is 2.80. The van der Waals surface area contributed by atoms with Crippen molar-refractivity contribution in [3.63, 3.8) is 0 Å². The van der Waals surface area contributed by atoms with E-state index in [0.29, 0.717) is 37.3 Å². The zero-order valence-electron chi connectivity index (χ0n) is 23.9. The maximum absolute atomic E-state index is 13.3. The van der Waals surface area contributed by atoms with E-state index in [4.69, 9.17) is 18.9 Å². The Morgan fingerprint density at radius 2 is 1.85 bits per heavy atom. The Kier molecular flexibility index (Phi) is 6.02. The average Bonchev–Trinajstić information content (AvgIpc) is 3.34. The van der Waals surface area contributed by atoms with Gasteiger partial charge in [0.2, 0.25) is 0 Å². The predicted molar refractivity (Wildman–Crippen MR) is 144 cm³/mol. The van der Waals surface area contributed by atoms with Crippen LogP contribution in [0.1, 0.15) is 49.4 Å². The lowest BCUT2D eigenvalue weighted by Crippen LogP contribution is -2.81. The summed E-state index contributed by atoms with van der Waals surface area (Å²) in [5, 5.41) is 37.6. The van der Waals surface area contributed by atoms with Gasteiger partial charge in [-0.2, -0.15) is 0 Å². The summed E-state index contributed by atoms with van der Waals surface area (Å²) in [4.78, 5) is 15.7. The van der Waals surface area contributed by atoms with Crippen molar-refractivity contribution >= 4 is 5.97 Å². The van der Waals surface area contributed by atoms with Crippen LogP contribution < -0.4 is 4.74 Å². The number of carbonyl (C=O) groups excluding carboxylic acids is 1. The number of nitrogens with zero attached hydrogens (tertiary/aromatic N) is 1. The average molecular weight is 558 g/mol. The molecule has 220 valence electrons. The SMILES string of the molecule is CCN1CC2(COC)CCC(OC)C34C5CC6C(OC(=O)c7ccc(OC)cc7)CC(O)(C(CC23O)C14)C5C6O. The number of piperidine rings is 1. The maximum Gasteiger partial charge on any atom is 0.338 e. The number of likely N-dealkylation sites (tertiary alicyclic amines) is 1. The first-order chi connectivity index (χ1) is 19.2. The van der Waals surface area contributed by atoms with E-state index in [1.54, 1.807) is 45.6 Å². The second kappa shape index (κ2) is 8.88. The molecule has 6 aliphatic rings. The number of carbonyl (C=O) groups is 1. The summed E-state index contributed by atoms with van der Waals surface area (Å²) in [5.74, 6) is -1.00. The quantitative estimate of drug-likeness (QED) is 0.432. The van der Waals surface area contributed by atoms with Crippen molar-refractivity contribution in [1.82, 2.24) is 4.90 Å². The highest BCUT2D eigenvalue weighted by Gasteiger charge is 2.88. The predicted octanol–water partition coefficient (Wildman–Crippen LogP) is 1.87. The lowest BCUT2D eigenvalue weighted by molar-refractivity contribution is -0.324. The molecule has 1 heterocycles. The molecule has 0 aromatic heterocycles. The van der Waals surface area contributed by atoms with Crippen molar-refractivity contribution in [3.8, 4) is 5.75 Å². The van der Waals surface area contributed by atoms with Gasteiger partial charge in [-0.25, -0.2) is 4.79 Å². The summed E-state index contributed by atoms with van der Waals surface area (Å²) in [6.45, 7) is 4.09. The normalized spacial score (nSPS) is 50.1. The monoisotopic (exact) mass is 557 g/mol. The first-order valence-electron chi connectivity index (χ1n) is 14.9. The lowest BCUT2D eigenvalue weighted by atomic mass is 9.41. The highest BCUT2D eigenvalue weighted by atomic mass is 16.5. The standard InChI is InChI=1S/C31H43NO8/c1-5-32-15-28(16-37-2)11-10-23(39-4)31-20-12-19-22(40-27(34)17-6-8-18(38-3)9-7-17)14-29(35,24(20)25(19)33)21(26(31)32)13-30(28,31)36/h6-9,19-26,33,35-36H,5,10-16H2,1-4H3. The second-order valence-corrected chi connectivity index (χ2v) is 13.5. The van der Waals surface area contributed by atoms with Gasteiger partial charge in [0.15, 0.2) is 0 Å². The number of hydrogen-bond donors (Lipinski definition) is 3. The molecule has 6 fully saturated rings. The van der Waals surface area contributed by atoms with Crippen LogP contribution >= 0.6 is 0 Å². The molecule has 3 N–H and O–H groups in total. The Morgan fingerprint density at radius 1 is 1.10 bits per heavy atom. The van der Waals surface area contributed by atoms with Crippen molar-refractivity contribution in [2.45, 2.75) is 74.6 Å². The van der Waals surface area contributed by atoms with Crippen LogP contribution in [0.15, 0.2) is 24.3 Å². The second-order valence-electron chi connectivity index (χ2n) is 13.5. The first-order valence-corrected chi connectivity index (χ1v) is 14.9. The van der Waals surface area contributed by atoms with Crippen molar-refractivity contribution in [2.75, 3.05) is 41.0 Å². The van der Waals surface area contributed by atoms with Gasteiger partial charge in [0, 0.05) is 61.8 Å². The number of rotatable bonds is 7. The van der Waals surface area contributed by atoms with Crippen molar-refractivity contribution < 1.29 is 39.1 Å². The molecule has 7 bridgehead atoms. The number of benzene rings is 1. The largest absolute Gasteiger partial charge is 0.497 e. The molecule has 9 nitrogen and oxygen atoms in total. The van der Waals surface area contributed by atoms with Gasteiger partial charge < -0.3 is 34.3 Å². The van der Waals surface area contributed by atoms with Gasteiger partial charge in [-0.15, -0.1) is 0 Å². The Balaban J connectivity index is 1.32. The van der Waals surface area contributed by atoms with E-state index < -0.39 is 46.1 Å². The molecule has 0 radical (unpaired) electrons. The van der Waals surface area contributed by atoms with E-state index in [2.05, 4.69) is 11.8 Å². The minimum atomic E-state index is -1.28. The molecular weight excluding hydrogens is 514 g/mol. The fourth-order valence-electron chi connectivity index (χ4n) is 11.4. The number of esters is 1. The van der Waals surface area contributed by atoms with Crippen LogP contribution in [-0.4, -0.2) is 103 Å². The van der Waals surface area contributed by atoms with E-state index >= 15 is 0 Å². The molecule has 1 aliphatic heterocycles. The minimum absolute atomic E-state index is 0.0917. The zero-order valence-corrected chi connectivity index (χ0v) is 23.9. The summed E-state index contributed by atoms with van der Waals surface area (Å²) >= 11 is 0. The van der Waals surface area contributed by atoms with Crippen LogP contribution in [0.5, 0.6) is 5.75 Å². The van der Waals surface area contributed by atoms with Crippen LogP contribution in [0, 0.1) is 34.5 Å². The van der Waals surface area contributed by atoms with E-state index in [1.807, 2.05) is 0 Å². The molecule has 1 spiro atoms. The van der Waals surface area contributed by atoms with Gasteiger partial charge in [0.1, 0.15) is 11.9 Å². The molecular formula is C31H43NO8. The Bertz CT molecular complexity index is 1180. The molecule has 12 atom stereocenters. The Labute approximate surface area is 235 Å². The van der Waals surface area contributed by atoms with E-state index in [-0.39, 0.29) is 36.3 Å². The zero-order chi connectivity index (χ0) is 28.2. The molecule has 9 heteroatoms. The van der Waals surface area contributed by atoms with Gasteiger partial charge in [0.25, 0.3) is 0 Å². The van der Waals surface area contributed by atoms with Crippen LogP contribution in [0.25, 0.3) is 0 Å². The van der Waals surface area contributed by atoms with Gasteiger partial charge in [-0.05, 0) is 62.4 Å². The molecule has 0 amide bonds. The summed E-state index contributed by atoms with van der Waals surface area (Å²) in [6.07, 6.45) is 1.21. The number of aliphatic hydroxyl groups excluding tert-OH is 1. The van der Waals surface area contributed by atoms with Crippen molar-refractivity contribution in [2.24, 2.45) is 34.5 Å². The molecule has 40 heavy (non-hydrogen) atoms. The van der Waals surface area contributed by atoms with Crippen LogP contribution in [0.4, 0.5) is 0 Å². The van der Waals surface area contributed by atoms with E-state index in [9.17, 15) is 20.1 Å². The van der Waals surface area contributed by atoms with Crippen LogP contribution in [0.3, 0.4) is 0 Å². The highest BCUT2D eigenvalue weighted by molar-refractivity contribution is 5.89. The van der Waals surface area contributed by atoms with Gasteiger partial charge >= 0.3 is 5.97 Å². The molecule has 12 unspecified atom stereocenters. The Hall–Kier alpha value is -1.75. The molecule has 5 saturated carbocycles. The molecule has 7 rings (SSSR count). The van der Waals surface area contributed by atoms with Crippen molar-refractivity contribution in [1.29, 1.82) is 0 Å². The number of aliphatic hydroxyl groups is 3. The number of hydrogen-bond acceptors (Lipinski definition) is 9. The lowest BCUT2D eigenvalue weighted by Gasteiger charge is -2.71. The third-order valence-corrected chi connectivity index (χ3v) is 12.6. The third-order valence-electron chi connectivity index (χ3n) is 12.6. The summed E-state index contributed by atoms with van der Waals surface area (Å²) in [6, 6.07) is 6.69. The maximum atomic E-state index is 13.3. The number of methoxy groups -OCH3 is 3. The van der Waals surface area contributed by atoms with Gasteiger partial charge in [-0.3, -0.25) is 4.90 Å². The topological polar surface area (TPSA) is 118 Å². The summed E-state index contributed by atoms with van der Waals surface area (Å²) < 4.78 is 23.4. The van der Waals surface area contributed by atoms with Crippen LogP contribution in [-0.2, 0) is 14.2 Å². The van der Waals surface area contributed by atoms with Crippen LogP contribution in [0.2, 0.25) is 0 Å². The third kappa shape index (κ3) is 2.97. The van der Waals surface area contributed by atoms with Crippen molar-refractivity contribution in [3.05, 3.63) is 29.8 Å². The Morgan fingerprint density at radius 3 is 2.50 bits per heavy atom. The minimum Gasteiger partial charge on any atom is -0.497 e. The molecule has 5 aliphatic carbocycles. The number of fused-ring (bicyclic) bond motifs is 2. The fourth-order valence-corrected chi connectivity index (χ4v) is 11.4. The molecule has 1 aromatic carbocycles. The number of ether oxygens (including phenoxy) is 4. The smallest absolute Gasteiger partial charge is 0.338 e. The first kappa shape index (κ1) is 27.1. The fraction of sp³-hybridized carbons (Fsp3) is 0.774. The summed E-state index contributed by atoms with van der Waals surface area (Å²) in [7, 11) is 5.02. The van der Waals surface area contributed by atoms with E-state index in [1.165, 1.54) is 0 Å².